The van der Waals surface area contributed by atoms with Crippen LogP contribution in [0.5, 0.6) is 17.2 Å². The largest absolute Gasteiger partial charge is 0.493 e. The van der Waals surface area contributed by atoms with Crippen molar-refractivity contribution in [2.45, 2.75) is 19.1 Å². The zero-order valence-corrected chi connectivity index (χ0v) is 18.8. The summed E-state index contributed by atoms with van der Waals surface area (Å²) in [7, 11) is 3.15. The van der Waals surface area contributed by atoms with Crippen LogP contribution in [0.3, 0.4) is 0 Å². The maximum atomic E-state index is 13.2. The fourth-order valence-corrected chi connectivity index (χ4v) is 4.19. The van der Waals surface area contributed by atoms with E-state index < -0.39 is 12.1 Å². The Hall–Kier alpha value is -2.89. The summed E-state index contributed by atoms with van der Waals surface area (Å²) in [6.45, 7) is 1.89. The predicted octanol–water partition coefficient (Wildman–Crippen LogP) is 5.85. The summed E-state index contributed by atoms with van der Waals surface area (Å²) < 4.78 is 17.0. The molecule has 0 bridgehead atoms. The lowest BCUT2D eigenvalue weighted by molar-refractivity contribution is -0.135. The van der Waals surface area contributed by atoms with E-state index in [1.54, 1.807) is 43.4 Å². The minimum Gasteiger partial charge on any atom is -0.493 e. The number of anilines is 1. The van der Waals surface area contributed by atoms with Gasteiger partial charge < -0.3 is 14.2 Å². The van der Waals surface area contributed by atoms with Gasteiger partial charge in [-0.15, -0.1) is 0 Å². The SMILES string of the molecule is COc1ccc([C@H]2[C@@H](Oc3ccc(Cl)cc3C)C(=O)N2c2ccccc2Cl)cc1OC. The molecule has 3 aromatic rings. The van der Waals surface area contributed by atoms with Crippen LogP contribution in [0.1, 0.15) is 17.2 Å². The highest BCUT2D eigenvalue weighted by molar-refractivity contribution is 6.34. The second kappa shape index (κ2) is 8.69. The summed E-state index contributed by atoms with van der Waals surface area (Å²) in [5, 5.41) is 1.10. The number of carbonyl (C=O) groups is 1. The molecule has 7 heteroatoms. The van der Waals surface area contributed by atoms with Crippen LogP contribution in [-0.2, 0) is 4.79 Å². The Kier molecular flexibility index (Phi) is 5.99. The van der Waals surface area contributed by atoms with Gasteiger partial charge in [-0.3, -0.25) is 9.69 Å². The standard InChI is InChI=1S/C24H21Cl2NO4/c1-14-12-16(25)9-11-19(14)31-23-22(15-8-10-20(29-2)21(13-15)30-3)27(24(23)28)18-7-5-4-6-17(18)26/h4-13,22-23H,1-3H3/t22-,23+/m0/s1. The van der Waals surface area contributed by atoms with Crippen molar-refractivity contribution in [1.29, 1.82) is 0 Å². The number of para-hydroxylation sites is 1. The van der Waals surface area contributed by atoms with Crippen LogP contribution >= 0.6 is 23.2 Å². The first-order valence-corrected chi connectivity index (χ1v) is 10.4. The van der Waals surface area contributed by atoms with Gasteiger partial charge in [-0.2, -0.15) is 0 Å². The predicted molar refractivity (Wildman–Crippen MR) is 122 cm³/mol. The van der Waals surface area contributed by atoms with Gasteiger partial charge in [-0.25, -0.2) is 0 Å². The highest BCUT2D eigenvalue weighted by Crippen LogP contribution is 2.45. The molecule has 1 heterocycles. The Labute approximate surface area is 191 Å². The fourth-order valence-electron chi connectivity index (χ4n) is 3.74. The van der Waals surface area contributed by atoms with Gasteiger partial charge in [0, 0.05) is 5.02 Å². The van der Waals surface area contributed by atoms with Crippen molar-refractivity contribution < 1.29 is 19.0 Å². The number of ether oxygens (including phenoxy) is 3. The molecular formula is C24H21Cl2NO4. The smallest absolute Gasteiger partial charge is 0.271 e. The minimum absolute atomic E-state index is 0.178. The van der Waals surface area contributed by atoms with Gasteiger partial charge >= 0.3 is 0 Å². The molecule has 3 aromatic carbocycles. The first-order chi connectivity index (χ1) is 14.9. The van der Waals surface area contributed by atoms with Gasteiger partial charge in [0.05, 0.1) is 24.9 Å². The quantitative estimate of drug-likeness (QED) is 0.435. The van der Waals surface area contributed by atoms with E-state index in [4.69, 9.17) is 37.4 Å². The van der Waals surface area contributed by atoms with Gasteiger partial charge in [-0.05, 0) is 60.5 Å². The molecule has 0 aromatic heterocycles. The Morgan fingerprint density at radius 3 is 2.26 bits per heavy atom. The monoisotopic (exact) mass is 457 g/mol. The number of aryl methyl sites for hydroxylation is 1. The number of benzene rings is 3. The van der Waals surface area contributed by atoms with Crippen LogP contribution in [0.4, 0.5) is 5.69 Å². The van der Waals surface area contributed by atoms with E-state index in [-0.39, 0.29) is 5.91 Å². The number of β-lactam (4-membered cyclic amide) rings is 1. The average molecular weight is 458 g/mol. The van der Waals surface area contributed by atoms with E-state index in [1.165, 1.54) is 0 Å². The molecule has 0 radical (unpaired) electrons. The molecule has 1 amide bonds. The maximum absolute atomic E-state index is 13.2. The lowest BCUT2D eigenvalue weighted by atomic mass is 9.89. The Bertz CT molecular complexity index is 1130. The van der Waals surface area contributed by atoms with E-state index in [0.29, 0.717) is 33.0 Å². The molecule has 1 aliphatic rings. The zero-order chi connectivity index (χ0) is 22.1. The van der Waals surface area contributed by atoms with Crippen LogP contribution in [0.15, 0.2) is 60.7 Å². The minimum atomic E-state index is -0.728. The van der Waals surface area contributed by atoms with E-state index in [9.17, 15) is 4.79 Å². The molecule has 0 N–H and O–H groups in total. The average Bonchev–Trinajstić information content (AvgIpc) is 2.77. The molecule has 5 nitrogen and oxygen atoms in total. The number of hydrogen-bond donors (Lipinski definition) is 0. The lowest BCUT2D eigenvalue weighted by Crippen LogP contribution is -2.61. The normalized spacial score (nSPS) is 17.8. The topological polar surface area (TPSA) is 48.0 Å². The second-order valence-electron chi connectivity index (χ2n) is 7.17. The number of halogens is 2. The van der Waals surface area contributed by atoms with Crippen molar-refractivity contribution in [1.82, 2.24) is 0 Å². The number of rotatable bonds is 6. The van der Waals surface area contributed by atoms with Crippen LogP contribution < -0.4 is 19.1 Å². The third-order valence-electron chi connectivity index (χ3n) is 5.30. The number of nitrogens with zero attached hydrogens (tertiary/aromatic N) is 1. The second-order valence-corrected chi connectivity index (χ2v) is 8.01. The van der Waals surface area contributed by atoms with Gasteiger partial charge in [-0.1, -0.05) is 41.4 Å². The summed E-state index contributed by atoms with van der Waals surface area (Å²) >= 11 is 12.5. The molecule has 31 heavy (non-hydrogen) atoms. The Morgan fingerprint density at radius 1 is 0.871 bits per heavy atom. The summed E-state index contributed by atoms with van der Waals surface area (Å²) in [6, 6.07) is 17.7. The highest BCUT2D eigenvalue weighted by Gasteiger charge is 2.51. The fraction of sp³-hybridized carbons (Fsp3) is 0.208. The molecule has 1 saturated heterocycles. The van der Waals surface area contributed by atoms with Crippen LogP contribution in [-0.4, -0.2) is 26.2 Å². The Balaban J connectivity index is 1.76. The highest BCUT2D eigenvalue weighted by atomic mass is 35.5. The van der Waals surface area contributed by atoms with Crippen molar-refractivity contribution in [2.75, 3.05) is 19.1 Å². The zero-order valence-electron chi connectivity index (χ0n) is 17.3. The number of methoxy groups -OCH3 is 2. The van der Waals surface area contributed by atoms with Crippen LogP contribution in [0, 0.1) is 6.92 Å². The van der Waals surface area contributed by atoms with Crippen molar-refractivity contribution >= 4 is 34.8 Å². The first-order valence-electron chi connectivity index (χ1n) is 9.67. The van der Waals surface area contributed by atoms with E-state index in [2.05, 4.69) is 0 Å². The third-order valence-corrected chi connectivity index (χ3v) is 5.85. The molecule has 0 aliphatic carbocycles. The van der Waals surface area contributed by atoms with E-state index in [1.807, 2.05) is 43.3 Å². The maximum Gasteiger partial charge on any atom is 0.271 e. The van der Waals surface area contributed by atoms with Crippen molar-refractivity contribution in [2.24, 2.45) is 0 Å². The summed E-state index contributed by atoms with van der Waals surface area (Å²) in [6.07, 6.45) is -0.728. The molecule has 0 unspecified atom stereocenters. The van der Waals surface area contributed by atoms with Gasteiger partial charge in [0.2, 0.25) is 6.10 Å². The molecule has 160 valence electrons. The molecular weight excluding hydrogens is 437 g/mol. The summed E-state index contributed by atoms with van der Waals surface area (Å²) in [4.78, 5) is 14.9. The first kappa shape index (κ1) is 21.3. The molecule has 1 aliphatic heterocycles. The molecule has 0 saturated carbocycles. The van der Waals surface area contributed by atoms with E-state index in [0.717, 1.165) is 11.1 Å². The number of amides is 1. The van der Waals surface area contributed by atoms with Gasteiger partial charge in [0.25, 0.3) is 5.91 Å². The summed E-state index contributed by atoms with van der Waals surface area (Å²) in [5.41, 5.74) is 2.32. The van der Waals surface area contributed by atoms with Gasteiger partial charge in [0.1, 0.15) is 11.8 Å². The van der Waals surface area contributed by atoms with Crippen LogP contribution in [0.25, 0.3) is 0 Å². The third kappa shape index (κ3) is 3.91. The summed E-state index contributed by atoms with van der Waals surface area (Å²) in [5.74, 6) is 1.60. The molecule has 4 rings (SSSR count). The molecule has 1 fully saturated rings. The van der Waals surface area contributed by atoms with Crippen molar-refractivity contribution in [3.05, 3.63) is 81.8 Å². The van der Waals surface area contributed by atoms with E-state index >= 15 is 0 Å². The number of hydrogen-bond acceptors (Lipinski definition) is 4. The Morgan fingerprint density at radius 2 is 1.58 bits per heavy atom. The van der Waals surface area contributed by atoms with Gasteiger partial charge in [0.15, 0.2) is 11.5 Å². The lowest BCUT2D eigenvalue weighted by Gasteiger charge is -2.47. The molecule has 2 atom stereocenters. The molecule has 0 spiro atoms. The van der Waals surface area contributed by atoms with Crippen LogP contribution in [0.2, 0.25) is 10.0 Å². The number of carbonyl (C=O) groups excluding carboxylic acids is 1. The van der Waals surface area contributed by atoms with Crippen molar-refractivity contribution in [3.8, 4) is 17.2 Å². The van der Waals surface area contributed by atoms with Crippen molar-refractivity contribution in [3.63, 3.8) is 0 Å².